The first-order chi connectivity index (χ1) is 9.67. The van der Waals surface area contributed by atoms with E-state index >= 15 is 0 Å². The topological polar surface area (TPSA) is 64.7 Å². The molecule has 0 spiro atoms. The minimum atomic E-state index is -0.0912. The molecule has 1 aliphatic heterocycles. The first-order valence-corrected chi connectivity index (χ1v) is 6.56. The Morgan fingerprint density at radius 1 is 1.20 bits per heavy atom. The lowest BCUT2D eigenvalue weighted by Crippen LogP contribution is -2.24. The number of methoxy groups -OCH3 is 1. The average Bonchev–Trinajstić information content (AvgIpc) is 2.47. The molecule has 1 aliphatic rings. The third-order valence-corrected chi connectivity index (χ3v) is 3.62. The molecule has 2 atom stereocenters. The predicted octanol–water partition coefficient (Wildman–Crippen LogP) is 2.92. The second-order valence-corrected chi connectivity index (χ2v) is 4.94. The van der Waals surface area contributed by atoms with E-state index in [0.29, 0.717) is 6.42 Å². The fourth-order valence-corrected chi connectivity index (χ4v) is 2.50. The van der Waals surface area contributed by atoms with Crippen molar-refractivity contribution in [1.29, 1.82) is 0 Å². The average molecular weight is 271 g/mol. The summed E-state index contributed by atoms with van der Waals surface area (Å²) in [4.78, 5) is 0. The van der Waals surface area contributed by atoms with Crippen molar-refractivity contribution in [3.8, 4) is 17.2 Å². The van der Waals surface area contributed by atoms with Gasteiger partial charge in [0.05, 0.1) is 7.11 Å². The normalized spacial score (nSPS) is 20.9. The molecular formula is C16H17NO3. The Balaban J connectivity index is 1.90. The standard InChI is InChI=1S/C16H17NO3/c1-19-12-6-7-15-13(8-12)14(17)9-16(20-15)10-2-4-11(18)5-3-10/h2-8,14,16,18H,9,17H2,1H3. The zero-order chi connectivity index (χ0) is 14.1. The van der Waals surface area contributed by atoms with Crippen LogP contribution in [0.2, 0.25) is 0 Å². The van der Waals surface area contributed by atoms with Gasteiger partial charge in [-0.1, -0.05) is 12.1 Å². The smallest absolute Gasteiger partial charge is 0.126 e. The Bertz CT molecular complexity index is 610. The molecule has 20 heavy (non-hydrogen) atoms. The quantitative estimate of drug-likeness (QED) is 0.881. The lowest BCUT2D eigenvalue weighted by Gasteiger charge is -2.30. The summed E-state index contributed by atoms with van der Waals surface area (Å²) in [5.41, 5.74) is 8.23. The number of aromatic hydroxyl groups is 1. The number of ether oxygens (including phenoxy) is 2. The highest BCUT2D eigenvalue weighted by Gasteiger charge is 2.27. The molecule has 0 saturated heterocycles. The maximum Gasteiger partial charge on any atom is 0.126 e. The molecule has 104 valence electrons. The summed E-state index contributed by atoms with van der Waals surface area (Å²) < 4.78 is 11.2. The molecule has 2 aromatic carbocycles. The monoisotopic (exact) mass is 271 g/mol. The Kier molecular flexibility index (Phi) is 3.24. The number of nitrogens with two attached hydrogens (primary N) is 1. The van der Waals surface area contributed by atoms with Gasteiger partial charge in [-0.3, -0.25) is 0 Å². The van der Waals surface area contributed by atoms with E-state index < -0.39 is 0 Å². The largest absolute Gasteiger partial charge is 0.508 e. The second kappa shape index (κ2) is 5.06. The zero-order valence-corrected chi connectivity index (χ0v) is 11.2. The van der Waals surface area contributed by atoms with Gasteiger partial charge in [-0.2, -0.15) is 0 Å². The molecule has 0 radical (unpaired) electrons. The Labute approximate surface area is 117 Å². The number of fused-ring (bicyclic) bond motifs is 1. The van der Waals surface area contributed by atoms with Gasteiger partial charge in [-0.25, -0.2) is 0 Å². The number of benzene rings is 2. The van der Waals surface area contributed by atoms with Crippen LogP contribution in [0.3, 0.4) is 0 Å². The number of phenolic OH excluding ortho intramolecular Hbond substituents is 1. The highest BCUT2D eigenvalue weighted by Crippen LogP contribution is 2.41. The van der Waals surface area contributed by atoms with E-state index in [9.17, 15) is 5.11 Å². The number of hydrogen-bond donors (Lipinski definition) is 2. The summed E-state index contributed by atoms with van der Waals surface area (Å²) in [5.74, 6) is 1.83. The first-order valence-electron chi connectivity index (χ1n) is 6.56. The SMILES string of the molecule is COc1ccc2c(c1)C(N)CC(c1ccc(O)cc1)O2. The van der Waals surface area contributed by atoms with Crippen LogP contribution in [0.4, 0.5) is 0 Å². The van der Waals surface area contributed by atoms with Gasteiger partial charge in [-0.15, -0.1) is 0 Å². The van der Waals surface area contributed by atoms with Crippen LogP contribution in [0.25, 0.3) is 0 Å². The lowest BCUT2D eigenvalue weighted by atomic mass is 9.93. The third-order valence-electron chi connectivity index (χ3n) is 3.62. The second-order valence-electron chi connectivity index (χ2n) is 4.94. The molecule has 1 heterocycles. The van der Waals surface area contributed by atoms with Crippen molar-refractivity contribution >= 4 is 0 Å². The molecule has 2 unspecified atom stereocenters. The molecule has 0 bridgehead atoms. The van der Waals surface area contributed by atoms with Crippen LogP contribution in [0.15, 0.2) is 42.5 Å². The van der Waals surface area contributed by atoms with Gasteiger partial charge in [0.15, 0.2) is 0 Å². The van der Waals surface area contributed by atoms with Gasteiger partial charge >= 0.3 is 0 Å². The van der Waals surface area contributed by atoms with Gasteiger partial charge < -0.3 is 20.3 Å². The summed E-state index contributed by atoms with van der Waals surface area (Å²) in [6.07, 6.45) is 0.608. The van der Waals surface area contributed by atoms with Crippen LogP contribution < -0.4 is 15.2 Å². The fourth-order valence-electron chi connectivity index (χ4n) is 2.50. The summed E-state index contributed by atoms with van der Waals surface area (Å²) in [7, 11) is 1.64. The van der Waals surface area contributed by atoms with Gasteiger partial charge in [0, 0.05) is 18.0 Å². The third kappa shape index (κ3) is 2.30. The molecule has 0 amide bonds. The number of rotatable bonds is 2. The molecule has 2 aromatic rings. The molecule has 4 nitrogen and oxygen atoms in total. The van der Waals surface area contributed by atoms with E-state index in [1.807, 2.05) is 30.3 Å². The van der Waals surface area contributed by atoms with Gasteiger partial charge in [0.1, 0.15) is 23.4 Å². The Morgan fingerprint density at radius 3 is 2.65 bits per heavy atom. The Morgan fingerprint density at radius 2 is 1.95 bits per heavy atom. The Hall–Kier alpha value is -2.20. The molecular weight excluding hydrogens is 254 g/mol. The fraction of sp³-hybridized carbons (Fsp3) is 0.250. The summed E-state index contributed by atoms with van der Waals surface area (Å²) in [6, 6.07) is 12.6. The van der Waals surface area contributed by atoms with Crippen molar-refractivity contribution in [3.05, 3.63) is 53.6 Å². The maximum absolute atomic E-state index is 9.34. The van der Waals surface area contributed by atoms with E-state index in [0.717, 1.165) is 22.6 Å². The molecule has 3 rings (SSSR count). The minimum absolute atomic E-state index is 0.0901. The van der Waals surface area contributed by atoms with E-state index in [2.05, 4.69) is 0 Å². The zero-order valence-electron chi connectivity index (χ0n) is 11.2. The van der Waals surface area contributed by atoms with Crippen LogP contribution in [0, 0.1) is 0 Å². The van der Waals surface area contributed by atoms with Crippen molar-refractivity contribution in [3.63, 3.8) is 0 Å². The number of phenols is 1. The van der Waals surface area contributed by atoms with Crippen LogP contribution in [-0.4, -0.2) is 12.2 Å². The summed E-state index contributed by atoms with van der Waals surface area (Å²) >= 11 is 0. The minimum Gasteiger partial charge on any atom is -0.508 e. The van der Waals surface area contributed by atoms with Crippen molar-refractivity contribution in [1.82, 2.24) is 0 Å². The van der Waals surface area contributed by atoms with Gasteiger partial charge in [-0.05, 0) is 35.9 Å². The predicted molar refractivity (Wildman–Crippen MR) is 76.0 cm³/mol. The molecule has 0 aliphatic carbocycles. The first kappa shape index (κ1) is 12.8. The van der Waals surface area contributed by atoms with Crippen LogP contribution in [0.5, 0.6) is 17.2 Å². The van der Waals surface area contributed by atoms with E-state index in [1.165, 1.54) is 0 Å². The molecule has 3 N–H and O–H groups in total. The highest BCUT2D eigenvalue weighted by molar-refractivity contribution is 5.44. The van der Waals surface area contributed by atoms with E-state index in [1.54, 1.807) is 19.2 Å². The van der Waals surface area contributed by atoms with E-state index in [4.69, 9.17) is 15.2 Å². The molecule has 4 heteroatoms. The van der Waals surface area contributed by atoms with Crippen molar-refractivity contribution in [2.45, 2.75) is 18.6 Å². The van der Waals surface area contributed by atoms with Gasteiger partial charge in [0.25, 0.3) is 0 Å². The number of hydrogen-bond acceptors (Lipinski definition) is 4. The van der Waals surface area contributed by atoms with E-state index in [-0.39, 0.29) is 17.9 Å². The molecule has 0 fully saturated rings. The van der Waals surface area contributed by atoms with Crippen LogP contribution in [0.1, 0.15) is 29.7 Å². The van der Waals surface area contributed by atoms with Gasteiger partial charge in [0.2, 0.25) is 0 Å². The van der Waals surface area contributed by atoms with Crippen LogP contribution in [-0.2, 0) is 0 Å². The van der Waals surface area contributed by atoms with Crippen molar-refractivity contribution in [2.75, 3.05) is 7.11 Å². The summed E-state index contributed by atoms with van der Waals surface area (Å²) in [5, 5.41) is 9.34. The molecule has 0 saturated carbocycles. The van der Waals surface area contributed by atoms with Crippen molar-refractivity contribution < 1.29 is 14.6 Å². The maximum atomic E-state index is 9.34. The van der Waals surface area contributed by atoms with Crippen LogP contribution >= 0.6 is 0 Å². The molecule has 0 aromatic heterocycles. The van der Waals surface area contributed by atoms with Crippen molar-refractivity contribution in [2.24, 2.45) is 5.73 Å². The summed E-state index contributed by atoms with van der Waals surface area (Å²) in [6.45, 7) is 0. The highest BCUT2D eigenvalue weighted by atomic mass is 16.5. The lowest BCUT2D eigenvalue weighted by molar-refractivity contribution is 0.161.